The summed E-state index contributed by atoms with van der Waals surface area (Å²) < 4.78 is 0. The Kier molecular flexibility index (Phi) is 5.12. The number of carbonyl (C=O) groups excluding carboxylic acids is 1. The molecule has 1 aromatic rings. The lowest BCUT2D eigenvalue weighted by atomic mass is 10.1. The maximum atomic E-state index is 11.3. The van der Waals surface area contributed by atoms with E-state index in [1.165, 1.54) is 0 Å². The normalized spacial score (nSPS) is 10.2. The summed E-state index contributed by atoms with van der Waals surface area (Å²) in [6.45, 7) is 4.48. The van der Waals surface area contributed by atoms with E-state index >= 15 is 0 Å². The van der Waals surface area contributed by atoms with Gasteiger partial charge in [0.25, 0.3) is 0 Å². The number of rotatable bonds is 4. The van der Waals surface area contributed by atoms with Crippen LogP contribution in [0.2, 0.25) is 5.02 Å². The van der Waals surface area contributed by atoms with Gasteiger partial charge in [-0.25, -0.2) is 4.79 Å². The first-order chi connectivity index (χ1) is 7.58. The number of halogens is 1. The van der Waals surface area contributed by atoms with Crippen molar-refractivity contribution >= 4 is 17.6 Å². The van der Waals surface area contributed by atoms with Crippen LogP contribution in [0.25, 0.3) is 0 Å². The monoisotopic (exact) mass is 240 g/mol. The zero-order valence-corrected chi connectivity index (χ0v) is 10.3. The molecule has 1 aromatic carbocycles. The summed E-state index contributed by atoms with van der Waals surface area (Å²) in [7, 11) is 0. The molecule has 0 heterocycles. The van der Waals surface area contributed by atoms with Gasteiger partial charge in [0, 0.05) is 17.6 Å². The van der Waals surface area contributed by atoms with Gasteiger partial charge < -0.3 is 10.6 Å². The SMILES string of the molecule is CC(C)NC(=O)NCCc1ccc(Cl)cc1. The summed E-state index contributed by atoms with van der Waals surface area (Å²) in [5, 5.41) is 6.29. The molecule has 0 bridgehead atoms. The van der Waals surface area contributed by atoms with Crippen LogP contribution in [-0.2, 0) is 6.42 Å². The van der Waals surface area contributed by atoms with Crippen LogP contribution in [0.4, 0.5) is 4.79 Å². The van der Waals surface area contributed by atoms with Crippen LogP contribution >= 0.6 is 11.6 Å². The average molecular weight is 241 g/mol. The number of urea groups is 1. The summed E-state index contributed by atoms with van der Waals surface area (Å²) in [6.07, 6.45) is 0.808. The van der Waals surface area contributed by atoms with Crippen molar-refractivity contribution in [2.45, 2.75) is 26.3 Å². The van der Waals surface area contributed by atoms with Crippen molar-refractivity contribution in [2.75, 3.05) is 6.54 Å². The zero-order valence-electron chi connectivity index (χ0n) is 9.59. The van der Waals surface area contributed by atoms with E-state index in [9.17, 15) is 4.79 Å². The summed E-state index contributed by atoms with van der Waals surface area (Å²) in [5.41, 5.74) is 1.16. The van der Waals surface area contributed by atoms with Crippen LogP contribution in [0.5, 0.6) is 0 Å². The molecular weight excluding hydrogens is 224 g/mol. The Morgan fingerprint density at radius 2 is 1.94 bits per heavy atom. The van der Waals surface area contributed by atoms with Gasteiger partial charge >= 0.3 is 6.03 Å². The zero-order chi connectivity index (χ0) is 12.0. The lowest BCUT2D eigenvalue weighted by Gasteiger charge is -2.09. The summed E-state index contributed by atoms with van der Waals surface area (Å²) >= 11 is 5.77. The second-order valence-electron chi connectivity index (χ2n) is 3.93. The quantitative estimate of drug-likeness (QED) is 0.835. The Labute approximate surface area is 101 Å². The first kappa shape index (κ1) is 12.8. The Morgan fingerprint density at radius 1 is 1.31 bits per heavy atom. The molecule has 2 amide bonds. The molecule has 0 aromatic heterocycles. The van der Waals surface area contributed by atoms with Gasteiger partial charge in [0.15, 0.2) is 0 Å². The van der Waals surface area contributed by atoms with Gasteiger partial charge in [0.2, 0.25) is 0 Å². The molecule has 0 aliphatic carbocycles. The molecule has 0 unspecified atom stereocenters. The van der Waals surface area contributed by atoms with Crippen LogP contribution < -0.4 is 10.6 Å². The number of benzene rings is 1. The van der Waals surface area contributed by atoms with E-state index in [0.29, 0.717) is 6.54 Å². The maximum absolute atomic E-state index is 11.3. The molecule has 0 saturated heterocycles. The van der Waals surface area contributed by atoms with E-state index in [1.54, 1.807) is 0 Å². The van der Waals surface area contributed by atoms with Crippen molar-refractivity contribution in [3.63, 3.8) is 0 Å². The number of hydrogen-bond donors (Lipinski definition) is 2. The molecule has 1 rings (SSSR count). The Morgan fingerprint density at radius 3 is 2.50 bits per heavy atom. The van der Waals surface area contributed by atoms with E-state index in [0.717, 1.165) is 17.0 Å². The second-order valence-corrected chi connectivity index (χ2v) is 4.37. The number of nitrogens with one attached hydrogen (secondary N) is 2. The highest BCUT2D eigenvalue weighted by Gasteiger charge is 2.01. The van der Waals surface area contributed by atoms with Crippen LogP contribution in [0, 0.1) is 0 Å². The first-order valence-electron chi connectivity index (χ1n) is 5.36. The lowest BCUT2D eigenvalue weighted by molar-refractivity contribution is 0.238. The van der Waals surface area contributed by atoms with E-state index in [-0.39, 0.29) is 12.1 Å². The van der Waals surface area contributed by atoms with E-state index < -0.39 is 0 Å². The predicted molar refractivity (Wildman–Crippen MR) is 66.8 cm³/mol. The van der Waals surface area contributed by atoms with Crippen LogP contribution in [0.3, 0.4) is 0 Å². The van der Waals surface area contributed by atoms with E-state index in [1.807, 2.05) is 38.1 Å². The van der Waals surface area contributed by atoms with Gasteiger partial charge in [-0.3, -0.25) is 0 Å². The summed E-state index contributed by atoms with van der Waals surface area (Å²) in [4.78, 5) is 11.3. The molecule has 4 heteroatoms. The van der Waals surface area contributed by atoms with Crippen molar-refractivity contribution in [2.24, 2.45) is 0 Å². The first-order valence-corrected chi connectivity index (χ1v) is 5.74. The lowest BCUT2D eigenvalue weighted by Crippen LogP contribution is -2.40. The van der Waals surface area contributed by atoms with Gasteiger partial charge in [-0.2, -0.15) is 0 Å². The second kappa shape index (κ2) is 6.38. The predicted octanol–water partition coefficient (Wildman–Crippen LogP) is 2.59. The summed E-state index contributed by atoms with van der Waals surface area (Å²) in [6, 6.07) is 7.67. The van der Waals surface area contributed by atoms with Crippen molar-refractivity contribution in [1.29, 1.82) is 0 Å². The Bertz CT molecular complexity index is 335. The Balaban J connectivity index is 2.25. The van der Waals surface area contributed by atoms with Crippen LogP contribution in [0.15, 0.2) is 24.3 Å². The van der Waals surface area contributed by atoms with Crippen LogP contribution in [-0.4, -0.2) is 18.6 Å². The highest BCUT2D eigenvalue weighted by atomic mass is 35.5. The van der Waals surface area contributed by atoms with Crippen molar-refractivity contribution in [1.82, 2.24) is 10.6 Å². The topological polar surface area (TPSA) is 41.1 Å². The van der Waals surface area contributed by atoms with Crippen molar-refractivity contribution in [3.05, 3.63) is 34.9 Å². The minimum absolute atomic E-state index is 0.121. The molecule has 2 N–H and O–H groups in total. The number of carbonyl (C=O) groups is 1. The fraction of sp³-hybridized carbons (Fsp3) is 0.417. The van der Waals surface area contributed by atoms with Crippen molar-refractivity contribution in [3.8, 4) is 0 Å². The average Bonchev–Trinajstić information content (AvgIpc) is 2.20. The Hall–Kier alpha value is -1.22. The summed E-state index contributed by atoms with van der Waals surface area (Å²) in [5.74, 6) is 0. The third-order valence-electron chi connectivity index (χ3n) is 2.03. The minimum atomic E-state index is -0.121. The molecule has 0 radical (unpaired) electrons. The molecule has 0 atom stereocenters. The molecular formula is C12H17ClN2O. The minimum Gasteiger partial charge on any atom is -0.338 e. The molecule has 0 saturated carbocycles. The highest BCUT2D eigenvalue weighted by Crippen LogP contribution is 2.09. The van der Waals surface area contributed by atoms with Gasteiger partial charge in [-0.05, 0) is 38.0 Å². The molecule has 88 valence electrons. The van der Waals surface area contributed by atoms with Gasteiger partial charge in [-0.15, -0.1) is 0 Å². The van der Waals surface area contributed by atoms with Gasteiger partial charge in [0.1, 0.15) is 0 Å². The molecule has 0 aliphatic rings. The molecule has 16 heavy (non-hydrogen) atoms. The molecule has 0 spiro atoms. The number of amides is 2. The standard InChI is InChI=1S/C12H17ClN2O/c1-9(2)15-12(16)14-8-7-10-3-5-11(13)6-4-10/h3-6,9H,7-8H2,1-2H3,(H2,14,15,16). The fourth-order valence-corrected chi connectivity index (χ4v) is 1.41. The molecule has 3 nitrogen and oxygen atoms in total. The largest absolute Gasteiger partial charge is 0.338 e. The van der Waals surface area contributed by atoms with E-state index in [2.05, 4.69) is 10.6 Å². The fourth-order valence-electron chi connectivity index (χ4n) is 1.28. The third kappa shape index (κ3) is 5.03. The van der Waals surface area contributed by atoms with E-state index in [4.69, 9.17) is 11.6 Å². The molecule has 0 aliphatic heterocycles. The number of hydrogen-bond acceptors (Lipinski definition) is 1. The van der Waals surface area contributed by atoms with Crippen molar-refractivity contribution < 1.29 is 4.79 Å². The third-order valence-corrected chi connectivity index (χ3v) is 2.28. The van der Waals surface area contributed by atoms with Gasteiger partial charge in [0.05, 0.1) is 0 Å². The highest BCUT2D eigenvalue weighted by molar-refractivity contribution is 6.30. The van der Waals surface area contributed by atoms with Crippen LogP contribution in [0.1, 0.15) is 19.4 Å². The molecule has 0 fully saturated rings. The van der Waals surface area contributed by atoms with Gasteiger partial charge in [-0.1, -0.05) is 23.7 Å². The maximum Gasteiger partial charge on any atom is 0.314 e. The smallest absolute Gasteiger partial charge is 0.314 e.